The van der Waals surface area contributed by atoms with E-state index >= 15 is 0 Å². The van der Waals surface area contributed by atoms with Crippen LogP contribution in [0.1, 0.15) is 42.2 Å². The lowest BCUT2D eigenvalue weighted by atomic mass is 9.97. The van der Waals surface area contributed by atoms with Gasteiger partial charge in [-0.25, -0.2) is 0 Å². The number of aromatic nitrogens is 1. The molecule has 0 bridgehead atoms. The summed E-state index contributed by atoms with van der Waals surface area (Å²) in [5, 5.41) is 3.43. The molecule has 1 amide bonds. The van der Waals surface area contributed by atoms with Crippen molar-refractivity contribution in [1.82, 2.24) is 10.3 Å². The van der Waals surface area contributed by atoms with Gasteiger partial charge < -0.3 is 9.73 Å². The fraction of sp³-hybridized carbons (Fsp3) is 0.136. The lowest BCUT2D eigenvalue weighted by Crippen LogP contribution is -2.17. The number of thiocarbonyl (C=S) groups is 1. The van der Waals surface area contributed by atoms with E-state index in [9.17, 15) is 4.79 Å². The molecule has 2 aromatic heterocycles. The highest BCUT2D eigenvalue weighted by Gasteiger charge is 2.22. The summed E-state index contributed by atoms with van der Waals surface area (Å²) in [6, 6.07) is 9.97. The Hall–Kier alpha value is -2.88. The third-order valence-corrected chi connectivity index (χ3v) is 5.43. The minimum Gasteiger partial charge on any atom is -0.455 e. The second-order valence-electron chi connectivity index (χ2n) is 6.60. The zero-order valence-electron chi connectivity index (χ0n) is 15.3. The number of thioether (sulfide) groups is 1. The number of fused-ring (bicyclic) bond motifs is 1. The van der Waals surface area contributed by atoms with Crippen LogP contribution in [0.5, 0.6) is 0 Å². The zero-order valence-corrected chi connectivity index (χ0v) is 16.9. The van der Waals surface area contributed by atoms with Crippen LogP contribution in [0, 0.1) is 11.8 Å². The number of furan rings is 1. The van der Waals surface area contributed by atoms with Crippen molar-refractivity contribution in [2.45, 2.75) is 19.8 Å². The lowest BCUT2D eigenvalue weighted by Gasteiger charge is -2.07. The van der Waals surface area contributed by atoms with Gasteiger partial charge >= 0.3 is 0 Å². The smallest absolute Gasteiger partial charge is 0.263 e. The van der Waals surface area contributed by atoms with Gasteiger partial charge in [-0.3, -0.25) is 9.78 Å². The van der Waals surface area contributed by atoms with Crippen LogP contribution < -0.4 is 5.32 Å². The van der Waals surface area contributed by atoms with E-state index in [1.165, 1.54) is 17.3 Å². The minimum absolute atomic E-state index is 0.209. The second-order valence-corrected chi connectivity index (χ2v) is 8.32. The van der Waals surface area contributed by atoms with Crippen LogP contribution in [0.15, 0.2) is 52.0 Å². The number of nitrogens with zero attached hydrogens (tertiary/aromatic N) is 1. The number of hydrogen-bond acceptors (Lipinski definition) is 5. The molecule has 4 nitrogen and oxygen atoms in total. The summed E-state index contributed by atoms with van der Waals surface area (Å²) >= 11 is 6.24. The normalized spacial score (nSPS) is 15.2. The van der Waals surface area contributed by atoms with E-state index in [2.05, 4.69) is 42.1 Å². The Morgan fingerprint density at radius 2 is 2.00 bits per heavy atom. The standard InChI is InChI=1S/C22H16N2O2S2/c1-13(2)18-6-4-3-5-14(18)7-8-15-11-23-12-16-9-17(26-20(15)16)10-19-21(25)24-22(27)28-19/h3-6,9-13H,1-2H3,(H,24,25,27). The van der Waals surface area contributed by atoms with E-state index in [0.717, 1.165) is 10.9 Å². The molecule has 0 saturated carbocycles. The Balaban J connectivity index is 1.73. The van der Waals surface area contributed by atoms with E-state index in [0.29, 0.717) is 32.1 Å². The largest absolute Gasteiger partial charge is 0.455 e. The first-order valence-electron chi connectivity index (χ1n) is 8.74. The van der Waals surface area contributed by atoms with Gasteiger partial charge in [0.05, 0.1) is 10.5 Å². The van der Waals surface area contributed by atoms with Crippen molar-refractivity contribution in [3.63, 3.8) is 0 Å². The SMILES string of the molecule is CC(C)c1ccccc1C#Cc1cncc2cc(C=C3SC(=S)NC3=O)oc12. The van der Waals surface area contributed by atoms with Crippen molar-refractivity contribution < 1.29 is 9.21 Å². The maximum atomic E-state index is 11.9. The quantitative estimate of drug-likeness (QED) is 0.376. The Labute approximate surface area is 172 Å². The summed E-state index contributed by atoms with van der Waals surface area (Å²) in [5.74, 6) is 7.18. The van der Waals surface area contributed by atoms with Gasteiger partial charge in [0.25, 0.3) is 5.91 Å². The van der Waals surface area contributed by atoms with Crippen LogP contribution in [-0.2, 0) is 4.79 Å². The molecule has 1 aromatic carbocycles. The number of rotatable bonds is 2. The van der Waals surface area contributed by atoms with Gasteiger partial charge in [-0.2, -0.15) is 0 Å². The molecule has 138 valence electrons. The Morgan fingerprint density at radius 1 is 1.21 bits per heavy atom. The molecule has 0 aliphatic carbocycles. The average Bonchev–Trinajstić information content (AvgIpc) is 3.22. The minimum atomic E-state index is -0.209. The van der Waals surface area contributed by atoms with Crippen LogP contribution in [0.25, 0.3) is 17.0 Å². The van der Waals surface area contributed by atoms with E-state index in [4.69, 9.17) is 16.6 Å². The van der Waals surface area contributed by atoms with Gasteiger partial charge in [0.1, 0.15) is 10.1 Å². The highest BCUT2D eigenvalue weighted by atomic mass is 32.2. The van der Waals surface area contributed by atoms with E-state index in [1.807, 2.05) is 24.3 Å². The van der Waals surface area contributed by atoms with Crippen molar-refractivity contribution in [3.05, 3.63) is 70.1 Å². The number of carbonyl (C=O) groups is 1. The maximum Gasteiger partial charge on any atom is 0.263 e. The van der Waals surface area contributed by atoms with Gasteiger partial charge in [0.2, 0.25) is 0 Å². The molecule has 0 unspecified atom stereocenters. The first-order valence-corrected chi connectivity index (χ1v) is 9.97. The number of hydrogen-bond donors (Lipinski definition) is 1. The molecule has 1 fully saturated rings. The fourth-order valence-electron chi connectivity index (χ4n) is 2.94. The molecule has 0 radical (unpaired) electrons. The number of nitrogens with one attached hydrogen (secondary N) is 1. The van der Waals surface area contributed by atoms with Crippen molar-refractivity contribution >= 4 is 51.3 Å². The zero-order chi connectivity index (χ0) is 19.7. The van der Waals surface area contributed by atoms with Crippen molar-refractivity contribution in [3.8, 4) is 11.8 Å². The monoisotopic (exact) mass is 404 g/mol. The summed E-state index contributed by atoms with van der Waals surface area (Å²) in [5.41, 5.74) is 3.57. The lowest BCUT2D eigenvalue weighted by molar-refractivity contribution is -0.115. The van der Waals surface area contributed by atoms with Crippen molar-refractivity contribution in [2.75, 3.05) is 0 Å². The van der Waals surface area contributed by atoms with E-state index < -0.39 is 0 Å². The molecule has 6 heteroatoms. The Bertz CT molecular complexity index is 1200. The number of pyridine rings is 1. The first kappa shape index (κ1) is 18.5. The summed E-state index contributed by atoms with van der Waals surface area (Å²) in [4.78, 5) is 16.6. The molecule has 1 aliphatic heterocycles. The summed E-state index contributed by atoms with van der Waals surface area (Å²) in [7, 11) is 0. The van der Waals surface area contributed by atoms with E-state index in [1.54, 1.807) is 18.5 Å². The number of amides is 1. The predicted octanol–water partition coefficient (Wildman–Crippen LogP) is 4.84. The summed E-state index contributed by atoms with van der Waals surface area (Å²) < 4.78 is 6.40. The molecule has 0 spiro atoms. The molecule has 4 rings (SSSR count). The Kier molecular flexibility index (Phi) is 5.03. The highest BCUT2D eigenvalue weighted by molar-refractivity contribution is 8.26. The average molecular weight is 405 g/mol. The van der Waals surface area contributed by atoms with Gasteiger partial charge in [-0.05, 0) is 23.6 Å². The maximum absolute atomic E-state index is 11.9. The first-order chi connectivity index (χ1) is 13.5. The molecular weight excluding hydrogens is 388 g/mol. The van der Waals surface area contributed by atoms with Gasteiger partial charge in [-0.15, -0.1) is 0 Å². The topological polar surface area (TPSA) is 55.1 Å². The van der Waals surface area contributed by atoms with Crippen molar-refractivity contribution in [2.24, 2.45) is 0 Å². The molecule has 3 heterocycles. The number of carbonyl (C=O) groups excluding carboxylic acids is 1. The molecule has 28 heavy (non-hydrogen) atoms. The molecule has 1 saturated heterocycles. The molecule has 1 aliphatic rings. The molecular formula is C22H16N2O2S2. The third kappa shape index (κ3) is 3.72. The van der Waals surface area contributed by atoms with Gasteiger partial charge in [0, 0.05) is 29.4 Å². The van der Waals surface area contributed by atoms with Crippen LogP contribution in [0.4, 0.5) is 0 Å². The van der Waals surface area contributed by atoms with Crippen molar-refractivity contribution in [1.29, 1.82) is 0 Å². The van der Waals surface area contributed by atoms with Gasteiger partial charge in [-0.1, -0.05) is 67.9 Å². The number of benzene rings is 1. The molecule has 3 aromatic rings. The van der Waals surface area contributed by atoms with Crippen LogP contribution >= 0.6 is 24.0 Å². The summed E-state index contributed by atoms with van der Waals surface area (Å²) in [6.45, 7) is 4.30. The third-order valence-electron chi connectivity index (χ3n) is 4.27. The molecule has 1 N–H and O–H groups in total. The highest BCUT2D eigenvalue weighted by Crippen LogP contribution is 2.29. The van der Waals surface area contributed by atoms with Crippen LogP contribution in [-0.4, -0.2) is 15.2 Å². The predicted molar refractivity (Wildman–Crippen MR) is 117 cm³/mol. The van der Waals surface area contributed by atoms with E-state index in [-0.39, 0.29) is 5.91 Å². The summed E-state index contributed by atoms with van der Waals surface area (Å²) in [6.07, 6.45) is 5.10. The van der Waals surface area contributed by atoms with Crippen LogP contribution in [0.3, 0.4) is 0 Å². The van der Waals surface area contributed by atoms with Gasteiger partial charge in [0.15, 0.2) is 5.58 Å². The van der Waals surface area contributed by atoms with Crippen LogP contribution in [0.2, 0.25) is 0 Å². The molecule has 0 atom stereocenters. The Morgan fingerprint density at radius 3 is 2.75 bits per heavy atom. The second kappa shape index (κ2) is 7.63. The fourth-order valence-corrected chi connectivity index (χ4v) is 3.97.